The third-order valence-electron chi connectivity index (χ3n) is 5.81. The molecule has 1 N–H and O–H groups in total. The fraction of sp³-hybridized carbons (Fsp3) is 0.207. The van der Waals surface area contributed by atoms with Crippen LogP contribution in [0.1, 0.15) is 35.0 Å². The van der Waals surface area contributed by atoms with Crippen molar-refractivity contribution in [1.29, 1.82) is 0 Å². The molecule has 39 heavy (non-hydrogen) atoms. The van der Waals surface area contributed by atoms with Gasteiger partial charge in [-0.15, -0.1) is 0 Å². The largest absolute Gasteiger partial charge is 0.305 e. The predicted octanol–water partition coefficient (Wildman–Crippen LogP) is 4.95. The molecule has 0 fully saturated rings. The molecule has 0 amide bonds. The van der Waals surface area contributed by atoms with Gasteiger partial charge in [-0.05, 0) is 57.3 Å². The third-order valence-corrected chi connectivity index (χ3v) is 7.21. The van der Waals surface area contributed by atoms with E-state index in [4.69, 9.17) is 0 Å². The Labute approximate surface area is 227 Å². The molecule has 0 aliphatic carbocycles. The molecule has 0 aliphatic rings. The molecule has 0 saturated heterocycles. The van der Waals surface area contributed by atoms with E-state index in [0.717, 1.165) is 35.5 Å². The van der Waals surface area contributed by atoms with Crippen LogP contribution in [0.25, 0.3) is 11.3 Å². The average molecular weight is 548 g/mol. The summed E-state index contributed by atoms with van der Waals surface area (Å²) in [6.45, 7) is 4.36. The van der Waals surface area contributed by atoms with Crippen LogP contribution >= 0.6 is 0 Å². The highest BCUT2D eigenvalue weighted by atomic mass is 32.2. The second kappa shape index (κ2) is 11.7. The van der Waals surface area contributed by atoms with Crippen LogP contribution in [-0.2, 0) is 23.0 Å². The predicted molar refractivity (Wildman–Crippen MR) is 146 cm³/mol. The molecule has 4 rings (SSSR count). The Balaban J connectivity index is 1.71. The highest BCUT2D eigenvalue weighted by Gasteiger charge is 2.21. The number of hydrogen-bond donors (Lipinski definition) is 1. The van der Waals surface area contributed by atoms with Crippen molar-refractivity contribution in [3.05, 3.63) is 101 Å². The molecule has 4 aromatic rings. The van der Waals surface area contributed by atoms with E-state index in [1.807, 2.05) is 33.2 Å². The molecule has 0 spiro atoms. The van der Waals surface area contributed by atoms with Gasteiger partial charge in [-0.3, -0.25) is 9.71 Å². The minimum Gasteiger partial charge on any atom is -0.305 e. The highest BCUT2D eigenvalue weighted by Crippen LogP contribution is 2.25. The Morgan fingerprint density at radius 1 is 1.00 bits per heavy atom. The van der Waals surface area contributed by atoms with Crippen molar-refractivity contribution < 1.29 is 17.2 Å². The Bertz CT molecular complexity index is 1700. The summed E-state index contributed by atoms with van der Waals surface area (Å²) in [6, 6.07) is 11.9. The zero-order chi connectivity index (χ0) is 28.2. The van der Waals surface area contributed by atoms with Crippen molar-refractivity contribution in [2.24, 2.45) is 0 Å². The van der Waals surface area contributed by atoms with E-state index in [1.54, 1.807) is 6.92 Å². The molecule has 0 saturated carbocycles. The number of nitrogens with one attached hydrogen (secondary N) is 1. The zero-order valence-corrected chi connectivity index (χ0v) is 22.8. The van der Waals surface area contributed by atoms with Gasteiger partial charge in [0.05, 0.1) is 28.3 Å². The first kappa shape index (κ1) is 27.8. The lowest BCUT2D eigenvalue weighted by Crippen LogP contribution is -2.16. The summed E-state index contributed by atoms with van der Waals surface area (Å²) >= 11 is 0. The number of benzene rings is 2. The van der Waals surface area contributed by atoms with Gasteiger partial charge in [0.2, 0.25) is 0 Å². The van der Waals surface area contributed by atoms with E-state index in [9.17, 15) is 17.2 Å². The monoisotopic (exact) mass is 547 g/mol. The number of nitrogens with zero attached hydrogens (tertiary/aromatic N) is 4. The first-order valence-corrected chi connectivity index (χ1v) is 13.6. The first-order chi connectivity index (χ1) is 18.6. The zero-order valence-electron chi connectivity index (χ0n) is 22.0. The molecular formula is C29H27F2N5O2S. The van der Waals surface area contributed by atoms with Gasteiger partial charge in [-0.25, -0.2) is 27.2 Å². The van der Waals surface area contributed by atoms with Crippen molar-refractivity contribution in [3.63, 3.8) is 0 Å². The summed E-state index contributed by atoms with van der Waals surface area (Å²) in [6.07, 6.45) is 3.68. The fourth-order valence-electron chi connectivity index (χ4n) is 3.95. The Kier molecular flexibility index (Phi) is 8.33. The lowest BCUT2D eigenvalue weighted by atomic mass is 10.0. The normalized spacial score (nSPS) is 11.3. The van der Waals surface area contributed by atoms with Gasteiger partial charge in [0, 0.05) is 29.9 Å². The number of rotatable bonds is 7. The van der Waals surface area contributed by atoms with Crippen LogP contribution in [0.3, 0.4) is 0 Å². The average Bonchev–Trinajstić information content (AvgIpc) is 2.88. The van der Waals surface area contributed by atoms with Crippen molar-refractivity contribution in [1.82, 2.24) is 19.9 Å². The molecule has 10 heteroatoms. The minimum atomic E-state index is -4.34. The first-order valence-electron chi connectivity index (χ1n) is 12.1. The van der Waals surface area contributed by atoms with Gasteiger partial charge in [0.25, 0.3) is 10.0 Å². The standard InChI is InChI=1S/C29H27F2N5O2S/c1-5-26-24(29(34-18-33-26)22-8-6-7-21(13-22)17-36(3)4)11-9-20-14-27(19(2)32-16-20)35-39(37,38)28-12-10-23(30)15-25(28)31/h6-8,10,12-16,18,35H,5,17H2,1-4H3. The molecule has 200 valence electrons. The van der Waals surface area contributed by atoms with Crippen molar-refractivity contribution in [2.75, 3.05) is 18.8 Å². The molecule has 0 bridgehead atoms. The molecule has 2 aromatic carbocycles. The SMILES string of the molecule is CCc1ncnc(-c2cccc(CN(C)C)c2)c1C#Cc1cnc(C)c(NS(=O)(=O)c2ccc(F)cc2F)c1. The van der Waals surface area contributed by atoms with Crippen molar-refractivity contribution in [3.8, 4) is 23.1 Å². The Hall–Kier alpha value is -4.20. The fourth-order valence-corrected chi connectivity index (χ4v) is 5.12. The number of aryl methyl sites for hydroxylation is 2. The topological polar surface area (TPSA) is 88.1 Å². The summed E-state index contributed by atoms with van der Waals surface area (Å²) in [7, 11) is -0.330. The Morgan fingerprint density at radius 3 is 2.51 bits per heavy atom. The molecule has 0 radical (unpaired) electrons. The molecule has 2 heterocycles. The Morgan fingerprint density at radius 2 is 1.79 bits per heavy atom. The molecule has 0 unspecified atom stereocenters. The quantitative estimate of drug-likeness (QED) is 0.330. The van der Waals surface area contributed by atoms with Crippen LogP contribution < -0.4 is 4.72 Å². The van der Waals surface area contributed by atoms with Gasteiger partial charge < -0.3 is 4.90 Å². The van der Waals surface area contributed by atoms with E-state index >= 15 is 0 Å². The van der Waals surface area contributed by atoms with E-state index in [-0.39, 0.29) is 5.69 Å². The van der Waals surface area contributed by atoms with Gasteiger partial charge in [-0.1, -0.05) is 37.0 Å². The number of pyridine rings is 1. The van der Waals surface area contributed by atoms with E-state index in [2.05, 4.69) is 48.5 Å². The van der Waals surface area contributed by atoms with E-state index in [0.29, 0.717) is 35.0 Å². The van der Waals surface area contributed by atoms with E-state index < -0.39 is 26.6 Å². The smallest absolute Gasteiger partial charge is 0.264 e. The van der Waals surface area contributed by atoms with Gasteiger partial charge in [0.1, 0.15) is 22.9 Å². The van der Waals surface area contributed by atoms with Gasteiger partial charge >= 0.3 is 0 Å². The maximum Gasteiger partial charge on any atom is 0.264 e. The van der Waals surface area contributed by atoms with Gasteiger partial charge in [0.15, 0.2) is 0 Å². The van der Waals surface area contributed by atoms with Crippen LogP contribution in [0.15, 0.2) is 66.0 Å². The van der Waals surface area contributed by atoms with E-state index in [1.165, 1.54) is 18.6 Å². The molecule has 0 atom stereocenters. The summed E-state index contributed by atoms with van der Waals surface area (Å²) < 4.78 is 55.4. The molecule has 0 aliphatic heterocycles. The third kappa shape index (κ3) is 6.63. The van der Waals surface area contributed by atoms with Crippen molar-refractivity contribution in [2.45, 2.75) is 31.7 Å². The number of aromatic nitrogens is 3. The maximum absolute atomic E-state index is 14.2. The highest BCUT2D eigenvalue weighted by molar-refractivity contribution is 7.92. The number of halogens is 2. The summed E-state index contributed by atoms with van der Waals surface area (Å²) in [5, 5.41) is 0. The number of sulfonamides is 1. The lowest BCUT2D eigenvalue weighted by Gasteiger charge is -2.12. The number of anilines is 1. The summed E-state index contributed by atoms with van der Waals surface area (Å²) in [4.78, 5) is 14.6. The van der Waals surface area contributed by atoms with Gasteiger partial charge in [-0.2, -0.15) is 0 Å². The summed E-state index contributed by atoms with van der Waals surface area (Å²) in [5.74, 6) is 4.14. The van der Waals surface area contributed by atoms with Crippen LogP contribution in [0.2, 0.25) is 0 Å². The van der Waals surface area contributed by atoms with Crippen LogP contribution in [-0.4, -0.2) is 42.4 Å². The van der Waals surface area contributed by atoms with Crippen LogP contribution in [0, 0.1) is 30.4 Å². The molecular weight excluding hydrogens is 520 g/mol. The maximum atomic E-state index is 14.2. The summed E-state index contributed by atoms with van der Waals surface area (Å²) in [5.41, 5.74) is 5.09. The second-order valence-electron chi connectivity index (χ2n) is 9.12. The molecule has 2 aromatic heterocycles. The lowest BCUT2D eigenvalue weighted by molar-refractivity contribution is 0.402. The molecule has 7 nitrogen and oxygen atoms in total. The number of hydrogen-bond acceptors (Lipinski definition) is 6. The van der Waals surface area contributed by atoms with Crippen LogP contribution in [0.5, 0.6) is 0 Å². The van der Waals surface area contributed by atoms with Crippen LogP contribution in [0.4, 0.5) is 14.5 Å². The minimum absolute atomic E-state index is 0.127. The second-order valence-corrected chi connectivity index (χ2v) is 10.8. The van der Waals surface area contributed by atoms with Crippen molar-refractivity contribution >= 4 is 15.7 Å².